The summed E-state index contributed by atoms with van der Waals surface area (Å²) < 4.78 is 5.21. The fourth-order valence-electron chi connectivity index (χ4n) is 3.27. The van der Waals surface area contributed by atoms with E-state index in [0.717, 1.165) is 22.2 Å². The molecule has 0 saturated carbocycles. The lowest BCUT2D eigenvalue weighted by molar-refractivity contribution is 0.0956. The minimum Gasteiger partial charge on any atom is -0.465 e. The van der Waals surface area contributed by atoms with Gasteiger partial charge in [0.05, 0.1) is 23.0 Å². The van der Waals surface area contributed by atoms with Gasteiger partial charge in [0.1, 0.15) is 5.76 Å². The number of amides is 1. The Balaban J connectivity index is 1.60. The maximum atomic E-state index is 12.9. The average Bonchev–Trinajstić information content (AvgIpc) is 3.31. The zero-order valence-electron chi connectivity index (χ0n) is 17.4. The van der Waals surface area contributed by atoms with E-state index in [-0.39, 0.29) is 5.91 Å². The molecular formula is C26H23N3O2. The van der Waals surface area contributed by atoms with Crippen molar-refractivity contribution in [3.8, 4) is 11.3 Å². The number of rotatable bonds is 6. The van der Waals surface area contributed by atoms with E-state index in [2.05, 4.69) is 36.5 Å². The Morgan fingerprint density at radius 3 is 2.61 bits per heavy atom. The van der Waals surface area contributed by atoms with Gasteiger partial charge in [-0.05, 0) is 47.9 Å². The second-order valence-corrected chi connectivity index (χ2v) is 7.44. The first-order valence-corrected chi connectivity index (χ1v) is 10.2. The number of carbonyl (C=O) groups excluding carboxylic acids is 1. The van der Waals surface area contributed by atoms with Crippen LogP contribution in [0.4, 0.5) is 0 Å². The van der Waals surface area contributed by atoms with E-state index in [1.165, 1.54) is 11.8 Å². The molecule has 0 unspecified atom stereocenters. The third-order valence-electron chi connectivity index (χ3n) is 4.96. The fourth-order valence-corrected chi connectivity index (χ4v) is 3.27. The Labute approximate surface area is 181 Å². The number of fused-ring (bicyclic) bond motifs is 1. The minimum atomic E-state index is -0.290. The molecule has 5 heteroatoms. The van der Waals surface area contributed by atoms with Crippen molar-refractivity contribution in [2.24, 2.45) is 5.10 Å². The van der Waals surface area contributed by atoms with Crippen LogP contribution in [0.5, 0.6) is 0 Å². The van der Waals surface area contributed by atoms with Crippen LogP contribution >= 0.6 is 0 Å². The molecule has 0 aliphatic rings. The number of allylic oxidation sites excluding steroid dienone is 1. The molecule has 2 heterocycles. The molecule has 154 valence electrons. The van der Waals surface area contributed by atoms with Crippen LogP contribution < -0.4 is 5.43 Å². The maximum absolute atomic E-state index is 12.9. The largest absolute Gasteiger partial charge is 0.465 e. The van der Waals surface area contributed by atoms with Gasteiger partial charge in [-0.25, -0.2) is 10.4 Å². The number of carbonyl (C=O) groups is 1. The van der Waals surface area contributed by atoms with Crippen LogP contribution in [0.2, 0.25) is 0 Å². The maximum Gasteiger partial charge on any atom is 0.272 e. The molecule has 4 aromatic rings. The highest BCUT2D eigenvalue weighted by Crippen LogP contribution is 2.26. The van der Waals surface area contributed by atoms with Crippen LogP contribution in [0.3, 0.4) is 0 Å². The second-order valence-electron chi connectivity index (χ2n) is 7.44. The molecule has 0 saturated heterocycles. The minimum absolute atomic E-state index is 0.290. The molecule has 0 bridgehead atoms. The summed E-state index contributed by atoms with van der Waals surface area (Å²) in [6.45, 7) is 4.33. The van der Waals surface area contributed by atoms with Crippen molar-refractivity contribution in [1.82, 2.24) is 10.4 Å². The number of nitrogens with zero attached hydrogens (tertiary/aromatic N) is 2. The third-order valence-corrected chi connectivity index (χ3v) is 4.96. The normalized spacial score (nSPS) is 11.7. The average molecular weight is 409 g/mol. The monoisotopic (exact) mass is 409 g/mol. The van der Waals surface area contributed by atoms with Crippen molar-refractivity contribution in [1.29, 1.82) is 0 Å². The van der Waals surface area contributed by atoms with Crippen molar-refractivity contribution in [3.63, 3.8) is 0 Å². The van der Waals surface area contributed by atoms with Crippen molar-refractivity contribution >= 4 is 29.1 Å². The Kier molecular flexibility index (Phi) is 6.03. The third kappa shape index (κ3) is 4.78. The van der Waals surface area contributed by atoms with E-state index < -0.39 is 0 Å². The van der Waals surface area contributed by atoms with E-state index >= 15 is 0 Å². The van der Waals surface area contributed by atoms with Gasteiger partial charge in [-0.3, -0.25) is 4.79 Å². The first-order chi connectivity index (χ1) is 15.1. The molecule has 0 aliphatic heterocycles. The lowest BCUT2D eigenvalue weighted by Crippen LogP contribution is -2.18. The first-order valence-electron chi connectivity index (χ1n) is 10.2. The smallest absolute Gasteiger partial charge is 0.272 e. The molecule has 5 nitrogen and oxygen atoms in total. The van der Waals surface area contributed by atoms with Crippen molar-refractivity contribution in [2.45, 2.75) is 19.8 Å². The molecule has 0 aliphatic carbocycles. The van der Waals surface area contributed by atoms with Gasteiger partial charge in [0.2, 0.25) is 0 Å². The summed E-state index contributed by atoms with van der Waals surface area (Å²) in [4.78, 5) is 17.6. The van der Waals surface area contributed by atoms with Crippen LogP contribution in [0.1, 0.15) is 41.4 Å². The number of pyridine rings is 1. The highest BCUT2D eigenvalue weighted by molar-refractivity contribution is 6.07. The molecule has 31 heavy (non-hydrogen) atoms. The molecule has 4 rings (SSSR count). The summed E-state index contributed by atoms with van der Waals surface area (Å²) in [7, 11) is 0. The van der Waals surface area contributed by atoms with Crippen LogP contribution in [-0.2, 0) is 0 Å². The number of hydrogen-bond acceptors (Lipinski definition) is 4. The number of aromatic nitrogens is 1. The molecule has 2 aromatic carbocycles. The van der Waals surface area contributed by atoms with Gasteiger partial charge in [0.25, 0.3) is 5.91 Å². The Hall–Kier alpha value is -3.99. The first kappa shape index (κ1) is 20.3. The van der Waals surface area contributed by atoms with Gasteiger partial charge in [-0.1, -0.05) is 56.3 Å². The summed E-state index contributed by atoms with van der Waals surface area (Å²) in [6.07, 6.45) is 6.57. The Morgan fingerprint density at radius 2 is 1.87 bits per heavy atom. The molecule has 2 aromatic heterocycles. The molecule has 1 N–H and O–H groups in total. The Morgan fingerprint density at radius 1 is 1.06 bits per heavy atom. The van der Waals surface area contributed by atoms with Crippen LogP contribution in [-0.4, -0.2) is 17.1 Å². The molecule has 0 spiro atoms. The molecule has 0 radical (unpaired) electrons. The predicted molar refractivity (Wildman–Crippen MR) is 125 cm³/mol. The Bertz CT molecular complexity index is 1240. The van der Waals surface area contributed by atoms with Crippen molar-refractivity contribution in [2.75, 3.05) is 0 Å². The quantitative estimate of drug-likeness (QED) is 0.311. The summed E-state index contributed by atoms with van der Waals surface area (Å²) >= 11 is 0. The number of hydrogen-bond donors (Lipinski definition) is 1. The number of nitrogens with one attached hydrogen (secondary N) is 1. The lowest BCUT2D eigenvalue weighted by atomic mass is 9.99. The lowest BCUT2D eigenvalue weighted by Gasteiger charge is -2.10. The van der Waals surface area contributed by atoms with E-state index in [1.54, 1.807) is 24.5 Å². The van der Waals surface area contributed by atoms with Crippen LogP contribution in [0.15, 0.2) is 88.6 Å². The number of furan rings is 1. The van der Waals surface area contributed by atoms with E-state index in [0.29, 0.717) is 17.2 Å². The van der Waals surface area contributed by atoms with Crippen LogP contribution in [0.25, 0.3) is 28.2 Å². The zero-order chi connectivity index (χ0) is 21.6. The second kappa shape index (κ2) is 9.22. The summed E-state index contributed by atoms with van der Waals surface area (Å²) in [6, 6.07) is 21.4. The van der Waals surface area contributed by atoms with Crippen molar-refractivity contribution < 1.29 is 9.21 Å². The molecule has 1 amide bonds. The van der Waals surface area contributed by atoms with Gasteiger partial charge in [0, 0.05) is 17.2 Å². The number of hydrazone groups is 1. The zero-order valence-corrected chi connectivity index (χ0v) is 17.4. The van der Waals surface area contributed by atoms with E-state index in [1.807, 2.05) is 48.5 Å². The number of benzene rings is 2. The van der Waals surface area contributed by atoms with E-state index in [9.17, 15) is 4.79 Å². The SMILES string of the molecule is CC(C)c1ccc(-c2cc(C(=O)NN=CC=Cc3ccco3)c3ccccc3n2)cc1. The highest BCUT2D eigenvalue weighted by atomic mass is 16.3. The number of para-hydroxylation sites is 1. The van der Waals surface area contributed by atoms with Gasteiger partial charge in [-0.15, -0.1) is 0 Å². The molecular weight excluding hydrogens is 386 g/mol. The van der Waals surface area contributed by atoms with E-state index in [4.69, 9.17) is 9.40 Å². The molecule has 0 fully saturated rings. The topological polar surface area (TPSA) is 67.5 Å². The summed E-state index contributed by atoms with van der Waals surface area (Å²) in [5, 5.41) is 4.80. The molecule has 0 atom stereocenters. The van der Waals surface area contributed by atoms with Gasteiger partial charge in [-0.2, -0.15) is 5.10 Å². The summed E-state index contributed by atoms with van der Waals surface area (Å²) in [5.74, 6) is 0.881. The van der Waals surface area contributed by atoms with Crippen LogP contribution in [0, 0.1) is 0 Å². The van der Waals surface area contributed by atoms with Gasteiger partial charge < -0.3 is 4.42 Å². The predicted octanol–water partition coefficient (Wildman–Crippen LogP) is 6.05. The van der Waals surface area contributed by atoms with Gasteiger partial charge in [0.15, 0.2) is 0 Å². The highest BCUT2D eigenvalue weighted by Gasteiger charge is 2.13. The fraction of sp³-hybridized carbons (Fsp3) is 0.115. The summed E-state index contributed by atoms with van der Waals surface area (Å²) in [5.41, 5.74) is 6.87. The van der Waals surface area contributed by atoms with Gasteiger partial charge >= 0.3 is 0 Å². The standard InChI is InChI=1S/C26H23N3O2/c1-18(2)19-11-13-20(14-12-19)25-17-23(22-9-3-4-10-24(22)28-25)26(30)29-27-15-5-7-21-8-6-16-31-21/h3-18H,1-2H3,(H,29,30). The van der Waals surface area contributed by atoms with Crippen molar-refractivity contribution in [3.05, 3.63) is 96.0 Å².